The summed E-state index contributed by atoms with van der Waals surface area (Å²) in [6.45, 7) is 7.47. The first-order valence-corrected chi connectivity index (χ1v) is 8.86. The molecule has 134 valence electrons. The van der Waals surface area contributed by atoms with Crippen molar-refractivity contribution in [1.82, 2.24) is 10.2 Å². The molecule has 0 radical (unpaired) electrons. The van der Waals surface area contributed by atoms with Gasteiger partial charge in [-0.05, 0) is 31.5 Å². The van der Waals surface area contributed by atoms with Gasteiger partial charge in [-0.2, -0.15) is 0 Å². The lowest BCUT2D eigenvalue weighted by Gasteiger charge is -2.26. The Morgan fingerprint density at radius 2 is 2.00 bits per heavy atom. The first kappa shape index (κ1) is 18.5. The molecule has 3 N–H and O–H groups in total. The Labute approximate surface area is 145 Å². The Morgan fingerprint density at radius 3 is 2.75 bits per heavy atom. The lowest BCUT2D eigenvalue weighted by molar-refractivity contribution is 0.0376. The summed E-state index contributed by atoms with van der Waals surface area (Å²) in [5.74, 6) is 0.555. The number of morpholine rings is 1. The van der Waals surface area contributed by atoms with E-state index < -0.39 is 0 Å². The number of rotatable bonds is 9. The van der Waals surface area contributed by atoms with E-state index in [4.69, 9.17) is 10.5 Å². The van der Waals surface area contributed by atoms with Crippen molar-refractivity contribution < 1.29 is 4.74 Å². The van der Waals surface area contributed by atoms with Gasteiger partial charge in [0.25, 0.3) is 0 Å². The monoisotopic (exact) mass is 333 g/mol. The number of hydrogen-bond donors (Lipinski definition) is 2. The predicted octanol–water partition coefficient (Wildman–Crippen LogP) is 1.14. The molecule has 0 atom stereocenters. The van der Waals surface area contributed by atoms with Crippen LogP contribution < -0.4 is 16.0 Å². The van der Waals surface area contributed by atoms with Crippen LogP contribution in [0.3, 0.4) is 0 Å². The van der Waals surface area contributed by atoms with Gasteiger partial charge < -0.3 is 20.7 Å². The van der Waals surface area contributed by atoms with Crippen molar-refractivity contribution in [2.45, 2.75) is 12.8 Å². The fraction of sp³-hybridized carbons (Fsp3) is 0.611. The molecule has 0 aliphatic carbocycles. The quantitative estimate of drug-likeness (QED) is 0.403. The van der Waals surface area contributed by atoms with E-state index in [1.807, 2.05) is 6.07 Å². The van der Waals surface area contributed by atoms with E-state index in [1.54, 1.807) is 0 Å². The molecule has 1 saturated heterocycles. The van der Waals surface area contributed by atoms with Crippen LogP contribution in [0.2, 0.25) is 0 Å². The Balaban J connectivity index is 1.52. The summed E-state index contributed by atoms with van der Waals surface area (Å²) in [6.07, 6.45) is 2.06. The van der Waals surface area contributed by atoms with Gasteiger partial charge in [0.2, 0.25) is 0 Å². The van der Waals surface area contributed by atoms with Gasteiger partial charge in [-0.25, -0.2) is 0 Å². The van der Waals surface area contributed by atoms with Crippen LogP contribution in [0.4, 0.5) is 5.69 Å². The highest BCUT2D eigenvalue weighted by Crippen LogP contribution is 2.10. The molecular formula is C18H31N5O. The van der Waals surface area contributed by atoms with E-state index in [0.29, 0.717) is 5.96 Å². The molecule has 0 unspecified atom stereocenters. The molecule has 0 amide bonds. The molecule has 1 aliphatic heterocycles. The Kier molecular flexibility index (Phi) is 8.41. The van der Waals surface area contributed by atoms with Crippen molar-refractivity contribution in [3.63, 3.8) is 0 Å². The van der Waals surface area contributed by atoms with Gasteiger partial charge in [0.05, 0.1) is 13.2 Å². The third kappa shape index (κ3) is 7.19. The molecule has 0 aromatic heterocycles. The van der Waals surface area contributed by atoms with Crippen molar-refractivity contribution in [1.29, 1.82) is 0 Å². The summed E-state index contributed by atoms with van der Waals surface area (Å²) < 4.78 is 5.34. The molecule has 6 nitrogen and oxygen atoms in total. The largest absolute Gasteiger partial charge is 0.379 e. The molecule has 1 heterocycles. The van der Waals surface area contributed by atoms with Crippen LogP contribution in [0, 0.1) is 0 Å². The second-order valence-corrected chi connectivity index (χ2v) is 6.11. The third-order valence-corrected chi connectivity index (χ3v) is 4.19. The predicted molar refractivity (Wildman–Crippen MR) is 101 cm³/mol. The Bertz CT molecular complexity index is 474. The van der Waals surface area contributed by atoms with Gasteiger partial charge in [0, 0.05) is 45.5 Å². The molecule has 0 spiro atoms. The maximum atomic E-state index is 5.91. The number of nitrogens with two attached hydrogens (primary N) is 1. The molecule has 1 aliphatic rings. The highest BCUT2D eigenvalue weighted by atomic mass is 16.5. The summed E-state index contributed by atoms with van der Waals surface area (Å²) in [5.41, 5.74) is 7.14. The van der Waals surface area contributed by atoms with Crippen molar-refractivity contribution >= 4 is 11.6 Å². The highest BCUT2D eigenvalue weighted by Gasteiger charge is 2.08. The summed E-state index contributed by atoms with van der Waals surface area (Å²) >= 11 is 0. The normalized spacial score (nSPS) is 16.1. The highest BCUT2D eigenvalue weighted by molar-refractivity contribution is 5.77. The van der Waals surface area contributed by atoms with Gasteiger partial charge in [0.1, 0.15) is 0 Å². The molecule has 0 saturated carbocycles. The molecule has 1 fully saturated rings. The summed E-state index contributed by atoms with van der Waals surface area (Å²) in [4.78, 5) is 9.06. The molecule has 24 heavy (non-hydrogen) atoms. The van der Waals surface area contributed by atoms with Crippen LogP contribution >= 0.6 is 0 Å². The van der Waals surface area contributed by atoms with Crippen LogP contribution in [-0.4, -0.2) is 70.4 Å². The summed E-state index contributed by atoms with van der Waals surface area (Å²) in [6, 6.07) is 10.4. The number of hydrogen-bond acceptors (Lipinski definition) is 4. The SMILES string of the molecule is CN(CCCN=C(N)NCCCN1CCOCC1)c1ccccc1. The lowest BCUT2D eigenvalue weighted by atomic mass is 10.3. The standard InChI is InChI=1S/C18H31N5O/c1-22(17-7-3-2-4-8-17)11-5-9-20-18(19)21-10-6-12-23-13-15-24-16-14-23/h2-4,7-8H,5-6,9-16H2,1H3,(H3,19,20,21). The van der Waals surface area contributed by atoms with Gasteiger partial charge in [-0.3, -0.25) is 9.89 Å². The number of benzene rings is 1. The smallest absolute Gasteiger partial charge is 0.188 e. The molecule has 2 rings (SSSR count). The van der Waals surface area contributed by atoms with Crippen molar-refractivity contribution in [2.24, 2.45) is 10.7 Å². The van der Waals surface area contributed by atoms with Crippen molar-refractivity contribution in [3.8, 4) is 0 Å². The second kappa shape index (κ2) is 10.9. The Morgan fingerprint density at radius 1 is 1.25 bits per heavy atom. The van der Waals surface area contributed by atoms with E-state index in [-0.39, 0.29) is 0 Å². The first-order valence-electron chi connectivity index (χ1n) is 8.86. The van der Waals surface area contributed by atoms with E-state index in [1.165, 1.54) is 5.69 Å². The zero-order valence-electron chi connectivity index (χ0n) is 14.8. The maximum absolute atomic E-state index is 5.91. The average Bonchev–Trinajstić information content (AvgIpc) is 2.64. The van der Waals surface area contributed by atoms with Crippen LogP contribution in [-0.2, 0) is 4.74 Å². The number of aliphatic imine (C=N–C) groups is 1. The third-order valence-electron chi connectivity index (χ3n) is 4.19. The van der Waals surface area contributed by atoms with Crippen LogP contribution in [0.15, 0.2) is 35.3 Å². The second-order valence-electron chi connectivity index (χ2n) is 6.11. The molecule has 1 aromatic rings. The van der Waals surface area contributed by atoms with E-state index >= 15 is 0 Å². The minimum atomic E-state index is 0.555. The topological polar surface area (TPSA) is 66.1 Å². The van der Waals surface area contributed by atoms with E-state index in [0.717, 1.165) is 65.3 Å². The zero-order chi connectivity index (χ0) is 17.0. The number of nitrogens with one attached hydrogen (secondary N) is 1. The fourth-order valence-electron chi connectivity index (χ4n) is 2.72. The molecular weight excluding hydrogens is 302 g/mol. The average molecular weight is 333 g/mol. The molecule has 1 aromatic carbocycles. The van der Waals surface area contributed by atoms with Gasteiger partial charge >= 0.3 is 0 Å². The van der Waals surface area contributed by atoms with E-state index in [9.17, 15) is 0 Å². The number of para-hydroxylation sites is 1. The first-order chi connectivity index (χ1) is 11.8. The maximum Gasteiger partial charge on any atom is 0.188 e. The van der Waals surface area contributed by atoms with Crippen molar-refractivity contribution in [3.05, 3.63) is 30.3 Å². The number of nitrogens with zero attached hydrogens (tertiary/aromatic N) is 3. The summed E-state index contributed by atoms with van der Waals surface area (Å²) in [7, 11) is 2.10. The number of anilines is 1. The van der Waals surface area contributed by atoms with Gasteiger partial charge in [0.15, 0.2) is 5.96 Å². The lowest BCUT2D eigenvalue weighted by Crippen LogP contribution is -2.39. The van der Waals surface area contributed by atoms with Crippen LogP contribution in [0.1, 0.15) is 12.8 Å². The van der Waals surface area contributed by atoms with Crippen LogP contribution in [0.5, 0.6) is 0 Å². The fourth-order valence-corrected chi connectivity index (χ4v) is 2.72. The van der Waals surface area contributed by atoms with Gasteiger partial charge in [-0.15, -0.1) is 0 Å². The minimum Gasteiger partial charge on any atom is -0.379 e. The summed E-state index contributed by atoms with van der Waals surface area (Å²) in [5, 5.41) is 3.20. The van der Waals surface area contributed by atoms with Crippen molar-refractivity contribution in [2.75, 3.05) is 64.4 Å². The zero-order valence-corrected chi connectivity index (χ0v) is 14.8. The minimum absolute atomic E-state index is 0.555. The number of guanidine groups is 1. The molecule has 0 bridgehead atoms. The van der Waals surface area contributed by atoms with Crippen LogP contribution in [0.25, 0.3) is 0 Å². The Hall–Kier alpha value is -1.79. The van der Waals surface area contributed by atoms with E-state index in [2.05, 4.69) is 51.4 Å². The van der Waals surface area contributed by atoms with Gasteiger partial charge in [-0.1, -0.05) is 18.2 Å². The molecule has 6 heteroatoms. The number of ether oxygens (including phenoxy) is 1.